The average molecular weight is 376 g/mol. The van der Waals surface area contributed by atoms with E-state index >= 15 is 0 Å². The minimum atomic E-state index is -2.76. The van der Waals surface area contributed by atoms with Crippen LogP contribution in [0.3, 0.4) is 0 Å². The van der Waals surface area contributed by atoms with Gasteiger partial charge in [-0.1, -0.05) is 32.9 Å². The lowest BCUT2D eigenvalue weighted by atomic mass is 9.94. The highest BCUT2D eigenvalue weighted by molar-refractivity contribution is 7.91. The Hall–Kier alpha value is -1.40. The predicted octanol–water partition coefficient (Wildman–Crippen LogP) is 3.02. The van der Waals surface area contributed by atoms with Crippen LogP contribution in [0.2, 0.25) is 0 Å². The third-order valence-electron chi connectivity index (χ3n) is 5.76. The second kappa shape index (κ2) is 6.34. The summed E-state index contributed by atoms with van der Waals surface area (Å²) in [6, 6.07) is 8.87. The monoisotopic (exact) mass is 375 g/mol. The molecular formula is C20H29N3O2S. The molecule has 0 spiro atoms. The molecule has 6 heteroatoms. The summed E-state index contributed by atoms with van der Waals surface area (Å²) in [5.41, 5.74) is 2.32. The number of imidazole rings is 1. The highest BCUT2D eigenvalue weighted by atomic mass is 32.2. The van der Waals surface area contributed by atoms with Crippen molar-refractivity contribution < 1.29 is 8.42 Å². The van der Waals surface area contributed by atoms with Gasteiger partial charge in [0.1, 0.15) is 15.7 Å². The number of likely N-dealkylation sites (tertiary alicyclic amines) is 1. The largest absolute Gasteiger partial charge is 0.322 e. The summed E-state index contributed by atoms with van der Waals surface area (Å²) in [4.78, 5) is 7.40. The van der Waals surface area contributed by atoms with Crippen molar-refractivity contribution >= 4 is 20.9 Å². The zero-order chi connectivity index (χ0) is 18.5. The quantitative estimate of drug-likeness (QED) is 0.827. The second-order valence-electron chi connectivity index (χ2n) is 9.01. The Kier molecular flexibility index (Phi) is 4.39. The van der Waals surface area contributed by atoms with Gasteiger partial charge in [0.2, 0.25) is 0 Å². The molecule has 0 N–H and O–H groups in total. The average Bonchev–Trinajstić information content (AvgIpc) is 2.91. The Balaban J connectivity index is 1.47. The number of sulfone groups is 1. The summed E-state index contributed by atoms with van der Waals surface area (Å²) in [6.45, 7) is 9.78. The van der Waals surface area contributed by atoms with E-state index in [9.17, 15) is 8.42 Å². The van der Waals surface area contributed by atoms with Gasteiger partial charge in [-0.2, -0.15) is 0 Å². The van der Waals surface area contributed by atoms with Crippen molar-refractivity contribution in [2.75, 3.05) is 31.1 Å². The van der Waals surface area contributed by atoms with E-state index in [1.807, 2.05) is 0 Å². The van der Waals surface area contributed by atoms with Crippen molar-refractivity contribution in [1.82, 2.24) is 14.5 Å². The summed E-state index contributed by atoms with van der Waals surface area (Å²) >= 11 is 0. The van der Waals surface area contributed by atoms with Crippen molar-refractivity contribution in [2.45, 2.75) is 45.1 Å². The Morgan fingerprint density at radius 1 is 1.12 bits per heavy atom. The van der Waals surface area contributed by atoms with Gasteiger partial charge in [0.05, 0.1) is 28.6 Å². The van der Waals surface area contributed by atoms with E-state index in [1.54, 1.807) is 0 Å². The molecule has 1 aromatic heterocycles. The van der Waals surface area contributed by atoms with Crippen LogP contribution in [0.25, 0.3) is 11.0 Å². The van der Waals surface area contributed by atoms with Gasteiger partial charge in [-0.25, -0.2) is 13.4 Å². The number of hydrogen-bond acceptors (Lipinski definition) is 4. The Labute approximate surface area is 156 Å². The number of rotatable bonds is 3. The lowest BCUT2D eigenvalue weighted by Gasteiger charge is -2.43. The molecule has 0 bridgehead atoms. The van der Waals surface area contributed by atoms with Crippen LogP contribution < -0.4 is 0 Å². The van der Waals surface area contributed by atoms with Crippen LogP contribution in [0.5, 0.6) is 0 Å². The van der Waals surface area contributed by atoms with Gasteiger partial charge in [-0.15, -0.1) is 0 Å². The maximum absolute atomic E-state index is 11.6. The van der Waals surface area contributed by atoms with E-state index < -0.39 is 9.84 Å². The number of nitrogens with zero attached hydrogens (tertiary/aromatic N) is 3. The van der Waals surface area contributed by atoms with Crippen molar-refractivity contribution in [3.05, 3.63) is 30.1 Å². The molecule has 5 nitrogen and oxygen atoms in total. The van der Waals surface area contributed by atoms with Gasteiger partial charge in [0, 0.05) is 25.0 Å². The first-order valence-corrected chi connectivity index (χ1v) is 11.5. The summed E-state index contributed by atoms with van der Waals surface area (Å²) in [5, 5.41) is 0. The maximum Gasteiger partial charge on any atom is 0.150 e. The second-order valence-corrected chi connectivity index (χ2v) is 11.3. The summed E-state index contributed by atoms with van der Waals surface area (Å²) in [5.74, 6) is 2.43. The summed E-state index contributed by atoms with van der Waals surface area (Å²) in [6.07, 6.45) is 1.65. The van der Waals surface area contributed by atoms with Crippen LogP contribution in [0.4, 0.5) is 0 Å². The topological polar surface area (TPSA) is 55.2 Å². The van der Waals surface area contributed by atoms with Gasteiger partial charge in [-0.3, -0.25) is 4.90 Å². The molecule has 142 valence electrons. The molecule has 2 aliphatic heterocycles. The minimum absolute atomic E-state index is 0.0111. The molecule has 26 heavy (non-hydrogen) atoms. The normalized spacial score (nSPS) is 22.6. The maximum atomic E-state index is 11.6. The molecule has 2 aromatic rings. The molecule has 1 aromatic carbocycles. The summed E-state index contributed by atoms with van der Waals surface area (Å²) < 4.78 is 25.7. The van der Waals surface area contributed by atoms with Crippen molar-refractivity contribution in [1.29, 1.82) is 0 Å². The molecule has 2 saturated heterocycles. The molecule has 0 radical (unpaired) electrons. The fraction of sp³-hybridized carbons (Fsp3) is 0.650. The SMILES string of the molecule is CC(C)(C)c1nc2ccccc2n1C1CN(CC2CCS(=O)(=O)CC2)C1. The molecule has 2 fully saturated rings. The zero-order valence-electron chi connectivity index (χ0n) is 16.0. The van der Waals surface area contributed by atoms with Crippen LogP contribution in [0.1, 0.15) is 45.5 Å². The van der Waals surface area contributed by atoms with Gasteiger partial charge in [-0.05, 0) is 30.9 Å². The first-order valence-electron chi connectivity index (χ1n) is 9.63. The smallest absolute Gasteiger partial charge is 0.150 e. The Morgan fingerprint density at radius 2 is 1.77 bits per heavy atom. The van der Waals surface area contributed by atoms with E-state index in [0.29, 0.717) is 23.5 Å². The van der Waals surface area contributed by atoms with Gasteiger partial charge in [0.25, 0.3) is 0 Å². The van der Waals surface area contributed by atoms with Crippen LogP contribution in [-0.4, -0.2) is 54.0 Å². The highest BCUT2D eigenvalue weighted by Crippen LogP contribution is 2.34. The van der Waals surface area contributed by atoms with Crippen molar-refractivity contribution in [2.24, 2.45) is 5.92 Å². The van der Waals surface area contributed by atoms with E-state index in [0.717, 1.165) is 43.8 Å². The first-order chi connectivity index (χ1) is 12.2. The fourth-order valence-corrected chi connectivity index (χ4v) is 5.87. The van der Waals surface area contributed by atoms with E-state index in [-0.39, 0.29) is 5.41 Å². The van der Waals surface area contributed by atoms with E-state index in [1.165, 1.54) is 5.52 Å². The van der Waals surface area contributed by atoms with Crippen LogP contribution in [0, 0.1) is 5.92 Å². The lowest BCUT2D eigenvalue weighted by molar-refractivity contribution is 0.0842. The molecule has 2 aliphatic rings. The lowest BCUT2D eigenvalue weighted by Crippen LogP contribution is -2.50. The van der Waals surface area contributed by atoms with Gasteiger partial charge in [0.15, 0.2) is 0 Å². The number of aromatic nitrogens is 2. The third kappa shape index (κ3) is 3.41. The summed E-state index contributed by atoms with van der Waals surface area (Å²) in [7, 11) is -2.76. The Bertz CT molecular complexity index is 891. The van der Waals surface area contributed by atoms with E-state index in [2.05, 4.69) is 54.5 Å². The molecule has 0 atom stereocenters. The molecular weight excluding hydrogens is 346 g/mol. The standard InChI is InChI=1S/C20H29N3O2S/c1-20(2,3)19-21-17-6-4-5-7-18(17)23(19)16-13-22(14-16)12-15-8-10-26(24,25)11-9-15/h4-7,15-16H,8-14H2,1-3H3. The minimum Gasteiger partial charge on any atom is -0.322 e. The molecule has 0 unspecified atom stereocenters. The number of benzene rings is 1. The molecule has 4 rings (SSSR count). The number of hydrogen-bond donors (Lipinski definition) is 0. The van der Waals surface area contributed by atoms with Crippen LogP contribution in [-0.2, 0) is 15.3 Å². The van der Waals surface area contributed by atoms with Crippen LogP contribution >= 0.6 is 0 Å². The van der Waals surface area contributed by atoms with Gasteiger partial charge >= 0.3 is 0 Å². The highest BCUT2D eigenvalue weighted by Gasteiger charge is 2.35. The molecule has 3 heterocycles. The van der Waals surface area contributed by atoms with Gasteiger partial charge < -0.3 is 4.57 Å². The fourth-order valence-electron chi connectivity index (χ4n) is 4.28. The number of para-hydroxylation sites is 2. The third-order valence-corrected chi connectivity index (χ3v) is 7.48. The zero-order valence-corrected chi connectivity index (χ0v) is 16.8. The molecule has 0 saturated carbocycles. The number of fused-ring (bicyclic) bond motifs is 1. The van der Waals surface area contributed by atoms with Crippen LogP contribution in [0.15, 0.2) is 24.3 Å². The Morgan fingerprint density at radius 3 is 2.42 bits per heavy atom. The van der Waals surface area contributed by atoms with Crippen molar-refractivity contribution in [3.63, 3.8) is 0 Å². The van der Waals surface area contributed by atoms with E-state index in [4.69, 9.17) is 4.98 Å². The molecule has 0 amide bonds. The molecule has 0 aliphatic carbocycles. The predicted molar refractivity (Wildman–Crippen MR) is 105 cm³/mol. The van der Waals surface area contributed by atoms with Crippen molar-refractivity contribution in [3.8, 4) is 0 Å². The first kappa shape index (κ1) is 18.0.